The van der Waals surface area contributed by atoms with Crippen molar-refractivity contribution in [3.05, 3.63) is 36.5 Å². The molecule has 0 amide bonds. The molecule has 11 unspecified atom stereocenters. The van der Waals surface area contributed by atoms with Crippen LogP contribution in [0.1, 0.15) is 110 Å². The molecule has 0 aromatic rings. The maximum atomic E-state index is 12.7. The molecule has 0 bridgehead atoms. The maximum Gasteiger partial charge on any atom is 0.306 e. The molecule has 0 saturated carbocycles. The van der Waals surface area contributed by atoms with Gasteiger partial charge in [0.2, 0.25) is 0 Å². The van der Waals surface area contributed by atoms with Crippen molar-refractivity contribution in [2.75, 3.05) is 26.4 Å². The van der Waals surface area contributed by atoms with Gasteiger partial charge in [0.05, 0.1) is 19.8 Å². The standard InChI is InChI=1S/C40H68O15/c1-3-5-6-7-8-9-10-11-12-13-14-15-16-17-18-19-20-21-22-23-32(43)53-28(25-50-31(42)4-2)26-51-39-38(49)36(47)34(45)30(55-39)27-52-40-37(48)35(46)33(44)29(24-41)54-40/h8-9,11-12,14-15,28-30,33-41,44-49H,3-7,10,13,16-27H2,1-2H3/b9-8-,12-11-,15-14-. The van der Waals surface area contributed by atoms with Gasteiger partial charge in [-0.1, -0.05) is 88.8 Å². The zero-order valence-electron chi connectivity index (χ0n) is 32.6. The quantitative estimate of drug-likeness (QED) is 0.0343. The Balaban J connectivity index is 1.71. The number of rotatable bonds is 28. The fraction of sp³-hybridized carbons (Fsp3) is 0.800. The van der Waals surface area contributed by atoms with Gasteiger partial charge in [0.15, 0.2) is 18.7 Å². The summed E-state index contributed by atoms with van der Waals surface area (Å²) in [4.78, 5) is 24.5. The van der Waals surface area contributed by atoms with E-state index >= 15 is 0 Å². The van der Waals surface area contributed by atoms with Crippen molar-refractivity contribution < 1.29 is 73.8 Å². The summed E-state index contributed by atoms with van der Waals surface area (Å²) in [5.41, 5.74) is 0. The number of carbonyl (C=O) groups is 2. The summed E-state index contributed by atoms with van der Waals surface area (Å²) in [5, 5.41) is 71.1. The number of aliphatic hydroxyl groups is 7. The lowest BCUT2D eigenvalue weighted by atomic mass is 9.98. The summed E-state index contributed by atoms with van der Waals surface area (Å²) in [6, 6.07) is 0. The van der Waals surface area contributed by atoms with Crippen molar-refractivity contribution in [1.82, 2.24) is 0 Å². The van der Waals surface area contributed by atoms with E-state index < -0.39 is 99.3 Å². The van der Waals surface area contributed by atoms with E-state index in [1.165, 1.54) is 25.7 Å². The number of hydrogen-bond donors (Lipinski definition) is 7. The molecule has 0 aromatic heterocycles. The minimum absolute atomic E-state index is 0.0944. The van der Waals surface area contributed by atoms with E-state index in [9.17, 15) is 45.3 Å². The van der Waals surface area contributed by atoms with E-state index in [4.69, 9.17) is 28.4 Å². The Hall–Kier alpha value is -2.28. The van der Waals surface area contributed by atoms with Crippen molar-refractivity contribution in [3.63, 3.8) is 0 Å². The first-order chi connectivity index (χ1) is 26.5. The average Bonchev–Trinajstić information content (AvgIpc) is 3.18. The minimum Gasteiger partial charge on any atom is -0.462 e. The van der Waals surface area contributed by atoms with Crippen molar-refractivity contribution in [1.29, 1.82) is 0 Å². The fourth-order valence-corrected chi connectivity index (χ4v) is 5.97. The van der Waals surface area contributed by atoms with Crippen LogP contribution in [0.2, 0.25) is 0 Å². The summed E-state index contributed by atoms with van der Waals surface area (Å²) in [7, 11) is 0. The molecule has 2 aliphatic rings. The van der Waals surface area contributed by atoms with Crippen LogP contribution < -0.4 is 0 Å². The van der Waals surface area contributed by atoms with Gasteiger partial charge in [-0.05, 0) is 44.9 Å². The highest BCUT2D eigenvalue weighted by molar-refractivity contribution is 5.70. The van der Waals surface area contributed by atoms with Gasteiger partial charge in [-0.2, -0.15) is 0 Å². The Labute approximate surface area is 325 Å². The van der Waals surface area contributed by atoms with E-state index in [2.05, 4.69) is 43.4 Å². The summed E-state index contributed by atoms with van der Waals surface area (Å²) in [5.74, 6) is -1.04. The van der Waals surface area contributed by atoms with E-state index in [-0.39, 0.29) is 19.4 Å². The van der Waals surface area contributed by atoms with E-state index in [1.807, 2.05) is 0 Å². The molecule has 2 saturated heterocycles. The molecule has 2 heterocycles. The van der Waals surface area contributed by atoms with Gasteiger partial charge in [-0.3, -0.25) is 9.59 Å². The highest BCUT2D eigenvalue weighted by Crippen LogP contribution is 2.26. The summed E-state index contributed by atoms with van der Waals surface area (Å²) in [6.07, 6.45) is 10.4. The predicted octanol–water partition coefficient (Wildman–Crippen LogP) is 2.64. The van der Waals surface area contributed by atoms with Gasteiger partial charge in [0, 0.05) is 12.8 Å². The second kappa shape index (κ2) is 29.0. The molecular weight excluding hydrogens is 720 g/mol. The SMILES string of the molecule is CCCCC/C=C\C/C=C\C/C=C\CCCCCCCCC(=O)OC(COC(=O)CC)COC1OC(COC2OC(CO)C(O)C(O)C2O)C(O)C(O)C1O. The molecule has 2 rings (SSSR count). The number of hydrogen-bond acceptors (Lipinski definition) is 15. The lowest BCUT2D eigenvalue weighted by Gasteiger charge is -2.42. The molecule has 0 aliphatic carbocycles. The van der Waals surface area contributed by atoms with Crippen LogP contribution in [-0.2, 0) is 38.0 Å². The second-order valence-electron chi connectivity index (χ2n) is 14.1. The molecule has 55 heavy (non-hydrogen) atoms. The van der Waals surface area contributed by atoms with Crippen LogP contribution in [0.3, 0.4) is 0 Å². The molecule has 11 atom stereocenters. The topological polar surface area (TPSA) is 231 Å². The van der Waals surface area contributed by atoms with Crippen LogP contribution in [0, 0.1) is 0 Å². The van der Waals surface area contributed by atoms with Crippen LogP contribution in [-0.4, -0.2) is 142 Å². The second-order valence-corrected chi connectivity index (χ2v) is 14.1. The minimum atomic E-state index is -1.76. The van der Waals surface area contributed by atoms with E-state index in [1.54, 1.807) is 6.92 Å². The van der Waals surface area contributed by atoms with Crippen LogP contribution >= 0.6 is 0 Å². The smallest absolute Gasteiger partial charge is 0.306 e. The Bertz CT molecular complexity index is 1110. The van der Waals surface area contributed by atoms with Crippen molar-refractivity contribution in [3.8, 4) is 0 Å². The van der Waals surface area contributed by atoms with Crippen LogP contribution in [0.4, 0.5) is 0 Å². The van der Waals surface area contributed by atoms with Crippen LogP contribution in [0.5, 0.6) is 0 Å². The zero-order valence-corrected chi connectivity index (χ0v) is 32.6. The predicted molar refractivity (Wildman–Crippen MR) is 201 cm³/mol. The van der Waals surface area contributed by atoms with Gasteiger partial charge in [-0.15, -0.1) is 0 Å². The summed E-state index contributed by atoms with van der Waals surface area (Å²) >= 11 is 0. The molecule has 15 nitrogen and oxygen atoms in total. The third-order valence-corrected chi connectivity index (χ3v) is 9.43. The lowest BCUT2D eigenvalue weighted by molar-refractivity contribution is -0.332. The molecule has 0 radical (unpaired) electrons. The molecule has 0 spiro atoms. The summed E-state index contributed by atoms with van der Waals surface area (Å²) < 4.78 is 32.7. The van der Waals surface area contributed by atoms with E-state index in [0.29, 0.717) is 6.42 Å². The highest BCUT2D eigenvalue weighted by atomic mass is 16.7. The third-order valence-electron chi connectivity index (χ3n) is 9.43. The molecule has 0 aromatic carbocycles. The first-order valence-corrected chi connectivity index (χ1v) is 20.1. The number of carbonyl (C=O) groups excluding carboxylic acids is 2. The van der Waals surface area contributed by atoms with Crippen LogP contribution in [0.25, 0.3) is 0 Å². The maximum absolute atomic E-state index is 12.7. The highest BCUT2D eigenvalue weighted by Gasteiger charge is 2.47. The Morgan fingerprint density at radius 1 is 0.600 bits per heavy atom. The largest absolute Gasteiger partial charge is 0.462 e. The molecule has 7 N–H and O–H groups in total. The molecule has 2 aliphatic heterocycles. The monoisotopic (exact) mass is 788 g/mol. The molecule has 2 fully saturated rings. The third kappa shape index (κ3) is 19.1. The summed E-state index contributed by atoms with van der Waals surface area (Å²) in [6.45, 7) is 1.89. The van der Waals surface area contributed by atoms with Crippen molar-refractivity contribution >= 4 is 11.9 Å². The fourth-order valence-electron chi connectivity index (χ4n) is 5.97. The number of esters is 2. The van der Waals surface area contributed by atoms with Gasteiger partial charge < -0.3 is 64.2 Å². The number of unbranched alkanes of at least 4 members (excludes halogenated alkanes) is 9. The Kier molecular flexibility index (Phi) is 25.8. The Morgan fingerprint density at radius 3 is 1.73 bits per heavy atom. The zero-order chi connectivity index (χ0) is 40.4. The van der Waals surface area contributed by atoms with Gasteiger partial charge >= 0.3 is 11.9 Å². The molecule has 318 valence electrons. The first kappa shape index (κ1) is 48.9. The van der Waals surface area contributed by atoms with E-state index in [0.717, 1.165) is 51.4 Å². The molecular formula is C40H68O15. The first-order valence-electron chi connectivity index (χ1n) is 20.1. The van der Waals surface area contributed by atoms with Crippen molar-refractivity contribution in [2.45, 2.75) is 178 Å². The number of allylic oxidation sites excluding steroid dienone is 6. The number of ether oxygens (including phenoxy) is 6. The normalized spacial score (nSPS) is 29.3. The lowest BCUT2D eigenvalue weighted by Crippen LogP contribution is -2.61. The van der Waals surface area contributed by atoms with Crippen molar-refractivity contribution in [2.24, 2.45) is 0 Å². The van der Waals surface area contributed by atoms with Gasteiger partial charge in [0.1, 0.15) is 55.4 Å². The Morgan fingerprint density at radius 2 is 1.13 bits per heavy atom. The number of aliphatic hydroxyl groups excluding tert-OH is 7. The van der Waals surface area contributed by atoms with Crippen LogP contribution in [0.15, 0.2) is 36.5 Å². The average molecular weight is 789 g/mol. The molecule has 15 heteroatoms. The van der Waals surface area contributed by atoms with Gasteiger partial charge in [-0.25, -0.2) is 0 Å². The van der Waals surface area contributed by atoms with Gasteiger partial charge in [0.25, 0.3) is 0 Å².